The van der Waals surface area contributed by atoms with Gasteiger partial charge in [-0.05, 0) is 39.3 Å². The Hall–Kier alpha value is -2.60. The topological polar surface area (TPSA) is 67.2 Å². The Morgan fingerprint density at radius 1 is 1.29 bits per heavy atom. The molecule has 0 aliphatic heterocycles. The Morgan fingerprint density at radius 3 is 2.57 bits per heavy atom. The molecule has 2 amide bonds. The smallest absolute Gasteiger partial charge is 0.247 e. The molecule has 0 fully saturated rings. The summed E-state index contributed by atoms with van der Waals surface area (Å²) in [5.41, 5.74) is 2.53. The van der Waals surface area contributed by atoms with Crippen LogP contribution in [0.2, 0.25) is 5.15 Å². The molecular weight excluding hydrogens is 376 g/mol. The van der Waals surface area contributed by atoms with Crippen molar-refractivity contribution in [2.75, 3.05) is 13.1 Å². The standard InChI is InChI=1S/C21H27ClN4O2/c1-5-25(14-19(27)23-15(2)3)20(28)12-11-18-16(4)24-26(21(18)22)13-17-9-7-6-8-10-17/h6-12,15H,5,13-14H2,1-4H3,(H,23,27)/b12-11+. The van der Waals surface area contributed by atoms with Gasteiger partial charge in [0.05, 0.1) is 18.8 Å². The van der Waals surface area contributed by atoms with Crippen LogP contribution in [0.15, 0.2) is 36.4 Å². The third-order valence-electron chi connectivity index (χ3n) is 4.15. The van der Waals surface area contributed by atoms with E-state index in [1.54, 1.807) is 10.8 Å². The van der Waals surface area contributed by atoms with E-state index in [2.05, 4.69) is 10.4 Å². The monoisotopic (exact) mass is 402 g/mol. The fourth-order valence-corrected chi connectivity index (χ4v) is 3.06. The second-order valence-electron chi connectivity index (χ2n) is 6.84. The maximum Gasteiger partial charge on any atom is 0.247 e. The molecular formula is C21H27ClN4O2. The van der Waals surface area contributed by atoms with Gasteiger partial charge in [0.1, 0.15) is 5.15 Å². The van der Waals surface area contributed by atoms with Gasteiger partial charge >= 0.3 is 0 Å². The number of aryl methyl sites for hydroxylation is 1. The zero-order valence-corrected chi connectivity index (χ0v) is 17.5. The lowest BCUT2D eigenvalue weighted by atomic mass is 10.2. The third kappa shape index (κ3) is 5.96. The summed E-state index contributed by atoms with van der Waals surface area (Å²) < 4.78 is 1.71. The molecule has 0 aliphatic rings. The Kier molecular flexibility index (Phi) is 7.81. The van der Waals surface area contributed by atoms with Crippen LogP contribution in [-0.4, -0.2) is 45.6 Å². The molecule has 0 saturated heterocycles. The van der Waals surface area contributed by atoms with Crippen LogP contribution in [-0.2, 0) is 16.1 Å². The Morgan fingerprint density at radius 2 is 1.96 bits per heavy atom. The van der Waals surface area contributed by atoms with E-state index in [9.17, 15) is 9.59 Å². The number of carbonyl (C=O) groups is 2. The van der Waals surface area contributed by atoms with Crippen molar-refractivity contribution in [2.45, 2.75) is 40.3 Å². The lowest BCUT2D eigenvalue weighted by Crippen LogP contribution is -2.42. The fourth-order valence-electron chi connectivity index (χ4n) is 2.76. The first kappa shape index (κ1) is 21.7. The number of benzene rings is 1. The molecule has 1 aromatic carbocycles. The highest BCUT2D eigenvalue weighted by Crippen LogP contribution is 2.22. The molecule has 150 valence electrons. The van der Waals surface area contributed by atoms with Crippen LogP contribution < -0.4 is 5.32 Å². The molecule has 0 unspecified atom stereocenters. The van der Waals surface area contributed by atoms with Crippen molar-refractivity contribution < 1.29 is 9.59 Å². The van der Waals surface area contributed by atoms with Crippen LogP contribution in [0.3, 0.4) is 0 Å². The highest BCUT2D eigenvalue weighted by molar-refractivity contribution is 6.31. The Bertz CT molecular complexity index is 844. The largest absolute Gasteiger partial charge is 0.352 e. The van der Waals surface area contributed by atoms with E-state index in [1.165, 1.54) is 11.0 Å². The Labute approximate surface area is 171 Å². The molecule has 6 nitrogen and oxygen atoms in total. The van der Waals surface area contributed by atoms with Crippen molar-refractivity contribution in [3.63, 3.8) is 0 Å². The van der Waals surface area contributed by atoms with Gasteiger partial charge in [-0.1, -0.05) is 41.9 Å². The van der Waals surface area contributed by atoms with Crippen LogP contribution in [0.1, 0.15) is 37.6 Å². The SMILES string of the molecule is CCN(CC(=O)NC(C)C)C(=O)/C=C/c1c(C)nn(Cc2ccccc2)c1Cl. The van der Waals surface area contributed by atoms with Gasteiger partial charge in [-0.15, -0.1) is 0 Å². The van der Waals surface area contributed by atoms with Gasteiger partial charge in [-0.3, -0.25) is 9.59 Å². The van der Waals surface area contributed by atoms with Crippen molar-refractivity contribution in [3.8, 4) is 0 Å². The van der Waals surface area contributed by atoms with Gasteiger partial charge in [0.25, 0.3) is 0 Å². The highest BCUT2D eigenvalue weighted by atomic mass is 35.5. The first-order chi connectivity index (χ1) is 13.3. The number of nitrogens with one attached hydrogen (secondary N) is 1. The number of amides is 2. The third-order valence-corrected chi connectivity index (χ3v) is 4.55. The quantitative estimate of drug-likeness (QED) is 0.689. The van der Waals surface area contributed by atoms with E-state index < -0.39 is 0 Å². The second kappa shape index (κ2) is 10.1. The summed E-state index contributed by atoms with van der Waals surface area (Å²) >= 11 is 6.48. The number of halogens is 1. The van der Waals surface area contributed by atoms with Gasteiger partial charge in [0, 0.05) is 24.2 Å². The van der Waals surface area contributed by atoms with Crippen molar-refractivity contribution >= 4 is 29.5 Å². The lowest BCUT2D eigenvalue weighted by Gasteiger charge is -2.19. The molecule has 0 atom stereocenters. The molecule has 1 heterocycles. The van der Waals surface area contributed by atoms with Crippen molar-refractivity contribution in [2.24, 2.45) is 0 Å². The molecule has 2 aromatic rings. The van der Waals surface area contributed by atoms with Gasteiger partial charge in [0.15, 0.2) is 0 Å². The first-order valence-corrected chi connectivity index (χ1v) is 9.72. The predicted molar refractivity (Wildman–Crippen MR) is 112 cm³/mol. The Balaban J connectivity index is 2.10. The number of nitrogens with zero attached hydrogens (tertiary/aromatic N) is 3. The summed E-state index contributed by atoms with van der Waals surface area (Å²) in [6.07, 6.45) is 3.10. The first-order valence-electron chi connectivity index (χ1n) is 9.35. The number of aromatic nitrogens is 2. The highest BCUT2D eigenvalue weighted by Gasteiger charge is 2.15. The van der Waals surface area contributed by atoms with Crippen LogP contribution in [0.25, 0.3) is 6.08 Å². The van der Waals surface area contributed by atoms with Crippen LogP contribution in [0.4, 0.5) is 0 Å². The average Bonchev–Trinajstić information content (AvgIpc) is 2.91. The zero-order valence-electron chi connectivity index (χ0n) is 16.8. The van der Waals surface area contributed by atoms with E-state index >= 15 is 0 Å². The van der Waals surface area contributed by atoms with Crippen LogP contribution in [0, 0.1) is 6.92 Å². The number of hydrogen-bond acceptors (Lipinski definition) is 3. The molecule has 1 N–H and O–H groups in total. The minimum atomic E-state index is -0.243. The normalized spacial score (nSPS) is 11.2. The van der Waals surface area contributed by atoms with Crippen molar-refractivity contribution in [1.82, 2.24) is 20.0 Å². The molecule has 7 heteroatoms. The molecule has 0 radical (unpaired) electrons. The van der Waals surface area contributed by atoms with Gasteiger partial charge in [0.2, 0.25) is 11.8 Å². The molecule has 1 aromatic heterocycles. The van der Waals surface area contributed by atoms with Gasteiger partial charge in [-0.25, -0.2) is 4.68 Å². The zero-order chi connectivity index (χ0) is 20.7. The van der Waals surface area contributed by atoms with Crippen LogP contribution >= 0.6 is 11.6 Å². The number of likely N-dealkylation sites (N-methyl/N-ethyl adjacent to an activating group) is 1. The summed E-state index contributed by atoms with van der Waals surface area (Å²) in [4.78, 5) is 25.9. The van der Waals surface area contributed by atoms with Gasteiger partial charge in [-0.2, -0.15) is 5.10 Å². The number of hydrogen-bond donors (Lipinski definition) is 1. The fraction of sp³-hybridized carbons (Fsp3) is 0.381. The lowest BCUT2D eigenvalue weighted by molar-refractivity contribution is -0.132. The van der Waals surface area contributed by atoms with E-state index in [0.29, 0.717) is 23.8 Å². The molecule has 0 aliphatic carbocycles. The average molecular weight is 403 g/mol. The van der Waals surface area contributed by atoms with Crippen molar-refractivity contribution in [3.05, 3.63) is 58.4 Å². The molecule has 0 bridgehead atoms. The minimum Gasteiger partial charge on any atom is -0.352 e. The maximum absolute atomic E-state index is 12.5. The minimum absolute atomic E-state index is 0.0256. The molecule has 2 rings (SSSR count). The van der Waals surface area contributed by atoms with Gasteiger partial charge < -0.3 is 10.2 Å². The molecule has 0 saturated carbocycles. The second-order valence-corrected chi connectivity index (χ2v) is 7.20. The van der Waals surface area contributed by atoms with E-state index in [4.69, 9.17) is 11.6 Å². The summed E-state index contributed by atoms with van der Waals surface area (Å²) in [6.45, 7) is 8.47. The summed E-state index contributed by atoms with van der Waals surface area (Å²) in [5.74, 6) is -0.420. The van der Waals surface area contributed by atoms with E-state index in [1.807, 2.05) is 58.0 Å². The number of rotatable bonds is 8. The summed E-state index contributed by atoms with van der Waals surface area (Å²) in [7, 11) is 0. The molecule has 28 heavy (non-hydrogen) atoms. The molecule has 0 spiro atoms. The maximum atomic E-state index is 12.5. The number of carbonyl (C=O) groups excluding carboxylic acids is 2. The summed E-state index contributed by atoms with van der Waals surface area (Å²) in [6, 6.07) is 9.94. The summed E-state index contributed by atoms with van der Waals surface area (Å²) in [5, 5.41) is 7.74. The van der Waals surface area contributed by atoms with E-state index in [-0.39, 0.29) is 24.4 Å². The van der Waals surface area contributed by atoms with Crippen molar-refractivity contribution in [1.29, 1.82) is 0 Å². The van der Waals surface area contributed by atoms with E-state index in [0.717, 1.165) is 11.3 Å². The van der Waals surface area contributed by atoms with Crippen LogP contribution in [0.5, 0.6) is 0 Å². The predicted octanol–water partition coefficient (Wildman–Crippen LogP) is 3.28.